The Morgan fingerprint density at radius 2 is 2.64 bits per heavy atom. The zero-order valence-electron chi connectivity index (χ0n) is 7.27. The second-order valence-corrected chi connectivity index (χ2v) is 4.15. The molecule has 2 aliphatic rings. The molecular formula is C10H15B. The van der Waals surface area contributed by atoms with Gasteiger partial charge in [-0.15, -0.1) is 6.58 Å². The van der Waals surface area contributed by atoms with Crippen LogP contribution in [0.25, 0.3) is 0 Å². The molecule has 1 fully saturated rings. The maximum Gasteiger partial charge on any atom is 0.110 e. The first-order chi connectivity index (χ1) is 5.27. The monoisotopic (exact) mass is 146 g/mol. The zero-order chi connectivity index (χ0) is 7.90. The lowest BCUT2D eigenvalue weighted by Gasteiger charge is -2.41. The molecule has 0 nitrogen and oxygen atoms in total. The molecule has 0 bridgehead atoms. The fourth-order valence-corrected chi connectivity index (χ4v) is 2.73. The lowest BCUT2D eigenvalue weighted by molar-refractivity contribution is 0.246. The number of rotatable bonds is 2. The molecule has 0 N–H and O–H groups in total. The van der Waals surface area contributed by atoms with Crippen molar-refractivity contribution in [3.8, 4) is 0 Å². The van der Waals surface area contributed by atoms with E-state index >= 15 is 0 Å². The Morgan fingerprint density at radius 3 is 3.09 bits per heavy atom. The summed E-state index contributed by atoms with van der Waals surface area (Å²) in [6.45, 7) is 3.84. The summed E-state index contributed by atoms with van der Waals surface area (Å²) in [6, 6.07) is 0. The van der Waals surface area contributed by atoms with E-state index < -0.39 is 0 Å². The molecule has 1 heteroatoms. The summed E-state index contributed by atoms with van der Waals surface area (Å²) in [7, 11) is 2.33. The first kappa shape index (κ1) is 7.21. The van der Waals surface area contributed by atoms with Crippen LogP contribution in [0.5, 0.6) is 0 Å². The molecule has 2 atom stereocenters. The van der Waals surface area contributed by atoms with Gasteiger partial charge in [0.15, 0.2) is 0 Å². The van der Waals surface area contributed by atoms with Crippen molar-refractivity contribution < 1.29 is 0 Å². The highest BCUT2D eigenvalue weighted by Crippen LogP contribution is 2.58. The van der Waals surface area contributed by atoms with Crippen LogP contribution < -0.4 is 0 Å². The minimum absolute atomic E-state index is 0.598. The third-order valence-electron chi connectivity index (χ3n) is 3.29. The maximum atomic E-state index is 3.84. The van der Waals surface area contributed by atoms with E-state index in [1.165, 1.54) is 25.7 Å². The highest BCUT2D eigenvalue weighted by molar-refractivity contribution is 6.13. The van der Waals surface area contributed by atoms with Gasteiger partial charge in [0.2, 0.25) is 0 Å². The Kier molecular flexibility index (Phi) is 1.48. The predicted molar refractivity (Wildman–Crippen MR) is 51.5 cm³/mol. The highest BCUT2D eigenvalue weighted by atomic mass is 14.5. The van der Waals surface area contributed by atoms with Crippen molar-refractivity contribution in [2.75, 3.05) is 0 Å². The quantitative estimate of drug-likeness (QED) is 0.413. The van der Waals surface area contributed by atoms with Gasteiger partial charge in [-0.25, -0.2) is 0 Å². The average Bonchev–Trinajstić information content (AvgIpc) is 2.15. The van der Waals surface area contributed by atoms with E-state index in [0.29, 0.717) is 5.41 Å². The van der Waals surface area contributed by atoms with Crippen LogP contribution >= 0.6 is 0 Å². The summed E-state index contributed by atoms with van der Waals surface area (Å²) in [6.07, 6.45) is 9.93. The summed E-state index contributed by atoms with van der Waals surface area (Å²) in [5.74, 6) is 0.826. The average molecular weight is 146 g/mol. The molecule has 0 heterocycles. The molecule has 2 rings (SSSR count). The summed E-state index contributed by atoms with van der Waals surface area (Å²) in [4.78, 5) is 0. The Balaban J connectivity index is 2.17. The Labute approximate surface area is 69.8 Å². The SMILES string of the molecule is BC1C=C2CCC2(CC=C)C1. The van der Waals surface area contributed by atoms with Gasteiger partial charge in [-0.05, 0) is 31.1 Å². The number of fused-ring (bicyclic) bond motifs is 1. The summed E-state index contributed by atoms with van der Waals surface area (Å²) in [5, 5.41) is 0. The number of hydrogen-bond donors (Lipinski definition) is 0. The third-order valence-corrected chi connectivity index (χ3v) is 3.29. The fourth-order valence-electron chi connectivity index (χ4n) is 2.73. The van der Waals surface area contributed by atoms with E-state index in [0.717, 1.165) is 5.82 Å². The standard InChI is InChI=1S/C10H15B/c1-2-4-10-5-3-8(10)6-9(11)7-10/h2,6,9H,1,3-5,7,11H2. The number of allylic oxidation sites excluding steroid dienone is 3. The molecule has 58 valence electrons. The van der Waals surface area contributed by atoms with Gasteiger partial charge >= 0.3 is 0 Å². The smallest absolute Gasteiger partial charge is 0.103 e. The topological polar surface area (TPSA) is 0 Å². The molecular weight excluding hydrogens is 131 g/mol. The Bertz CT molecular complexity index is 217. The lowest BCUT2D eigenvalue weighted by Crippen LogP contribution is -2.28. The minimum Gasteiger partial charge on any atom is -0.103 e. The van der Waals surface area contributed by atoms with Crippen molar-refractivity contribution in [1.29, 1.82) is 0 Å². The molecule has 0 saturated heterocycles. The van der Waals surface area contributed by atoms with Crippen LogP contribution in [0.2, 0.25) is 5.82 Å². The molecule has 0 aliphatic heterocycles. The molecule has 0 aromatic heterocycles. The normalized spacial score (nSPS) is 40.7. The van der Waals surface area contributed by atoms with Crippen LogP contribution in [0, 0.1) is 5.41 Å². The van der Waals surface area contributed by atoms with Crippen LogP contribution in [0.1, 0.15) is 25.7 Å². The van der Waals surface area contributed by atoms with E-state index in [4.69, 9.17) is 0 Å². The lowest BCUT2D eigenvalue weighted by atomic mass is 9.62. The molecule has 0 amide bonds. The molecule has 0 radical (unpaired) electrons. The zero-order valence-corrected chi connectivity index (χ0v) is 7.27. The molecule has 0 aromatic rings. The van der Waals surface area contributed by atoms with E-state index in [2.05, 4.69) is 26.6 Å². The van der Waals surface area contributed by atoms with Crippen molar-refractivity contribution >= 4 is 7.85 Å². The van der Waals surface area contributed by atoms with Crippen LogP contribution in [0.15, 0.2) is 24.3 Å². The van der Waals surface area contributed by atoms with Crippen molar-refractivity contribution in [2.24, 2.45) is 5.41 Å². The summed E-state index contributed by atoms with van der Waals surface area (Å²) in [5.41, 5.74) is 2.33. The first-order valence-corrected chi connectivity index (χ1v) is 4.59. The molecule has 0 spiro atoms. The Hall–Kier alpha value is -0.455. The maximum absolute atomic E-state index is 3.84. The highest BCUT2D eigenvalue weighted by Gasteiger charge is 2.44. The molecule has 1 saturated carbocycles. The van der Waals surface area contributed by atoms with Gasteiger partial charge < -0.3 is 0 Å². The van der Waals surface area contributed by atoms with Crippen LogP contribution in [-0.2, 0) is 0 Å². The van der Waals surface area contributed by atoms with E-state index in [-0.39, 0.29) is 0 Å². The van der Waals surface area contributed by atoms with E-state index in [1.54, 1.807) is 5.57 Å². The predicted octanol–water partition coefficient (Wildman–Crippen LogP) is 2.09. The second kappa shape index (κ2) is 2.26. The van der Waals surface area contributed by atoms with Gasteiger partial charge in [-0.3, -0.25) is 0 Å². The van der Waals surface area contributed by atoms with Gasteiger partial charge in [0.25, 0.3) is 0 Å². The van der Waals surface area contributed by atoms with Crippen molar-refractivity contribution in [1.82, 2.24) is 0 Å². The van der Waals surface area contributed by atoms with Crippen molar-refractivity contribution in [3.05, 3.63) is 24.3 Å². The largest absolute Gasteiger partial charge is 0.110 e. The number of hydrogen-bond acceptors (Lipinski definition) is 0. The summed E-state index contributed by atoms with van der Waals surface area (Å²) < 4.78 is 0. The molecule has 0 aromatic carbocycles. The van der Waals surface area contributed by atoms with Crippen LogP contribution in [-0.4, -0.2) is 7.85 Å². The Morgan fingerprint density at radius 1 is 1.82 bits per heavy atom. The van der Waals surface area contributed by atoms with Gasteiger partial charge in [-0.1, -0.05) is 23.5 Å². The van der Waals surface area contributed by atoms with Crippen LogP contribution in [0.4, 0.5) is 0 Å². The molecule has 2 unspecified atom stereocenters. The van der Waals surface area contributed by atoms with Gasteiger partial charge in [-0.2, -0.15) is 0 Å². The fraction of sp³-hybridized carbons (Fsp3) is 0.600. The van der Waals surface area contributed by atoms with E-state index in [1.807, 2.05) is 0 Å². The van der Waals surface area contributed by atoms with Gasteiger partial charge in [0, 0.05) is 0 Å². The minimum atomic E-state index is 0.598. The summed E-state index contributed by atoms with van der Waals surface area (Å²) >= 11 is 0. The second-order valence-electron chi connectivity index (χ2n) is 4.15. The third kappa shape index (κ3) is 0.902. The van der Waals surface area contributed by atoms with Gasteiger partial charge in [0.1, 0.15) is 7.85 Å². The van der Waals surface area contributed by atoms with E-state index in [9.17, 15) is 0 Å². The van der Waals surface area contributed by atoms with Crippen LogP contribution in [0.3, 0.4) is 0 Å². The van der Waals surface area contributed by atoms with Crippen molar-refractivity contribution in [3.63, 3.8) is 0 Å². The molecule has 11 heavy (non-hydrogen) atoms. The van der Waals surface area contributed by atoms with Gasteiger partial charge in [0.05, 0.1) is 0 Å². The first-order valence-electron chi connectivity index (χ1n) is 4.59. The van der Waals surface area contributed by atoms with Crippen molar-refractivity contribution in [2.45, 2.75) is 31.5 Å². The molecule has 2 aliphatic carbocycles.